The van der Waals surface area contributed by atoms with Crippen molar-refractivity contribution in [3.05, 3.63) is 35.2 Å². The Kier molecular flexibility index (Phi) is 6.88. The highest BCUT2D eigenvalue weighted by Gasteiger charge is 2.27. The summed E-state index contributed by atoms with van der Waals surface area (Å²) in [7, 11) is 0. The number of likely N-dealkylation sites (N-methyl/N-ethyl adjacent to an activating group) is 1. The van der Waals surface area contributed by atoms with Gasteiger partial charge in [0.1, 0.15) is 6.04 Å². The lowest BCUT2D eigenvalue weighted by Crippen LogP contribution is -2.53. The van der Waals surface area contributed by atoms with E-state index in [4.69, 9.17) is 0 Å². The van der Waals surface area contributed by atoms with Gasteiger partial charge in [-0.25, -0.2) is 9.69 Å². The summed E-state index contributed by atoms with van der Waals surface area (Å²) in [5, 5.41) is 18.2. The number of benzene rings is 1. The zero-order valence-electron chi connectivity index (χ0n) is 16.1. The van der Waals surface area contributed by atoms with Gasteiger partial charge in [0.15, 0.2) is 6.19 Å². The van der Waals surface area contributed by atoms with Crippen LogP contribution in [0.3, 0.4) is 0 Å². The van der Waals surface area contributed by atoms with E-state index in [9.17, 15) is 14.9 Å². The van der Waals surface area contributed by atoms with Crippen LogP contribution in [-0.2, 0) is 11.2 Å². The predicted octanol–water partition coefficient (Wildman–Crippen LogP) is 3.77. The van der Waals surface area contributed by atoms with Gasteiger partial charge in [-0.05, 0) is 42.2 Å². The van der Waals surface area contributed by atoms with Gasteiger partial charge in [0.25, 0.3) is 5.91 Å². The molecule has 1 fully saturated rings. The maximum absolute atomic E-state index is 12.9. The van der Waals surface area contributed by atoms with Gasteiger partial charge in [0.2, 0.25) is 0 Å². The Hall–Kier alpha value is -2.59. The number of fused-ring (bicyclic) bond motifs is 1. The minimum atomic E-state index is -0.777. The topological polar surface area (TPSA) is 85.2 Å². The molecular formula is C21H26N4O2S. The largest absolute Gasteiger partial charge is 0.335 e. The molecule has 3 amide bonds. The molecule has 7 heteroatoms. The molecule has 0 radical (unpaired) electrons. The maximum Gasteiger partial charge on any atom is 0.315 e. The van der Waals surface area contributed by atoms with Crippen LogP contribution in [0.15, 0.2) is 29.6 Å². The molecule has 2 aromatic rings. The van der Waals surface area contributed by atoms with Gasteiger partial charge in [-0.1, -0.05) is 37.5 Å². The van der Waals surface area contributed by atoms with E-state index in [1.165, 1.54) is 6.42 Å². The number of nitrogens with zero attached hydrogens (tertiary/aromatic N) is 2. The minimum Gasteiger partial charge on any atom is -0.335 e. The molecule has 1 aliphatic rings. The minimum absolute atomic E-state index is 0.157. The molecule has 28 heavy (non-hydrogen) atoms. The van der Waals surface area contributed by atoms with E-state index in [1.807, 2.05) is 35.8 Å². The summed E-state index contributed by atoms with van der Waals surface area (Å²) in [6.45, 7) is 2.03. The number of carbonyl (C=O) groups excluding carboxylic acids is 2. The first-order chi connectivity index (χ1) is 13.6. The van der Waals surface area contributed by atoms with Crippen molar-refractivity contribution in [1.82, 2.24) is 15.5 Å². The van der Waals surface area contributed by atoms with Crippen LogP contribution in [0.5, 0.6) is 0 Å². The molecule has 1 aliphatic carbocycles. The smallest absolute Gasteiger partial charge is 0.315 e. The number of hydrogen-bond donors (Lipinski definition) is 2. The number of rotatable bonds is 6. The standard InChI is InChI=1S/C21H26N4O2S/c1-2-25(14-22)20(26)18(24-21(27)23-16-8-4-3-5-9-16)12-15-13-28-19-11-7-6-10-17(15)19/h6-7,10-11,13,16,18H,2-5,8-9,12H2,1H3,(H2,23,24,27). The summed E-state index contributed by atoms with van der Waals surface area (Å²) in [5.41, 5.74) is 1.01. The molecule has 0 bridgehead atoms. The van der Waals surface area contributed by atoms with Gasteiger partial charge in [0.05, 0.1) is 0 Å². The van der Waals surface area contributed by atoms with E-state index >= 15 is 0 Å². The zero-order chi connectivity index (χ0) is 19.9. The third-order valence-electron chi connectivity index (χ3n) is 5.23. The summed E-state index contributed by atoms with van der Waals surface area (Å²) >= 11 is 1.62. The van der Waals surface area contributed by atoms with Gasteiger partial charge < -0.3 is 10.6 Å². The zero-order valence-corrected chi connectivity index (χ0v) is 16.9. The molecule has 3 rings (SSSR count). The average Bonchev–Trinajstić information content (AvgIpc) is 3.12. The van der Waals surface area contributed by atoms with Gasteiger partial charge >= 0.3 is 6.03 Å². The second-order valence-corrected chi connectivity index (χ2v) is 8.06. The fraction of sp³-hybridized carbons (Fsp3) is 0.476. The number of nitrogens with one attached hydrogen (secondary N) is 2. The van der Waals surface area contributed by atoms with Crippen LogP contribution in [-0.4, -0.2) is 35.5 Å². The van der Waals surface area contributed by atoms with E-state index in [0.717, 1.165) is 46.2 Å². The Morgan fingerprint density at radius 2 is 2.04 bits per heavy atom. The molecule has 1 saturated carbocycles. The third-order valence-corrected chi connectivity index (χ3v) is 6.24. The van der Waals surface area contributed by atoms with E-state index in [2.05, 4.69) is 10.6 Å². The first-order valence-corrected chi connectivity index (χ1v) is 10.7. The normalized spacial score (nSPS) is 15.6. The van der Waals surface area contributed by atoms with Crippen molar-refractivity contribution in [2.24, 2.45) is 0 Å². The lowest BCUT2D eigenvalue weighted by atomic mass is 9.96. The molecule has 1 atom stereocenters. The van der Waals surface area contributed by atoms with E-state index in [1.54, 1.807) is 18.3 Å². The lowest BCUT2D eigenvalue weighted by Gasteiger charge is -2.26. The Labute approximate surface area is 169 Å². The average molecular weight is 399 g/mol. The molecular weight excluding hydrogens is 372 g/mol. The molecule has 1 aromatic carbocycles. The molecule has 148 valence electrons. The molecule has 0 saturated heterocycles. The molecule has 1 heterocycles. The lowest BCUT2D eigenvalue weighted by molar-refractivity contribution is -0.129. The molecule has 0 spiro atoms. The van der Waals surface area contributed by atoms with Gasteiger partial charge in [-0.2, -0.15) is 5.26 Å². The molecule has 1 aromatic heterocycles. The second kappa shape index (κ2) is 9.56. The van der Waals surface area contributed by atoms with Crippen LogP contribution < -0.4 is 10.6 Å². The monoisotopic (exact) mass is 398 g/mol. The van der Waals surface area contributed by atoms with Crippen LogP contribution in [0.1, 0.15) is 44.6 Å². The number of thiophene rings is 1. The molecule has 1 unspecified atom stereocenters. The first kappa shape index (κ1) is 20.2. The van der Waals surface area contributed by atoms with Crippen LogP contribution >= 0.6 is 11.3 Å². The highest BCUT2D eigenvalue weighted by molar-refractivity contribution is 7.17. The highest BCUT2D eigenvalue weighted by atomic mass is 32.1. The fourth-order valence-electron chi connectivity index (χ4n) is 3.71. The quantitative estimate of drug-likeness (QED) is 0.574. The third kappa shape index (κ3) is 4.82. The van der Waals surface area contributed by atoms with Crippen molar-refractivity contribution < 1.29 is 9.59 Å². The molecule has 0 aliphatic heterocycles. The number of amides is 3. The van der Waals surface area contributed by atoms with Crippen molar-refractivity contribution in [3.63, 3.8) is 0 Å². The van der Waals surface area contributed by atoms with Gasteiger partial charge in [-0.15, -0.1) is 11.3 Å². The fourth-order valence-corrected chi connectivity index (χ4v) is 4.68. The summed E-state index contributed by atoms with van der Waals surface area (Å²) in [4.78, 5) is 26.5. The van der Waals surface area contributed by atoms with Crippen molar-refractivity contribution >= 4 is 33.4 Å². The number of urea groups is 1. The SMILES string of the molecule is CCN(C#N)C(=O)C(Cc1csc2ccccc12)NC(=O)NC1CCCCC1. The number of carbonyl (C=O) groups is 2. The van der Waals surface area contributed by atoms with E-state index in [0.29, 0.717) is 6.42 Å². The van der Waals surface area contributed by atoms with Gasteiger partial charge in [0, 0.05) is 23.7 Å². The van der Waals surface area contributed by atoms with Crippen molar-refractivity contribution in [1.29, 1.82) is 5.26 Å². The van der Waals surface area contributed by atoms with Crippen LogP contribution in [0.4, 0.5) is 4.79 Å². The van der Waals surface area contributed by atoms with Crippen LogP contribution in [0.25, 0.3) is 10.1 Å². The predicted molar refractivity (Wildman–Crippen MR) is 111 cm³/mol. The van der Waals surface area contributed by atoms with Crippen molar-refractivity contribution in [3.8, 4) is 6.19 Å². The number of nitriles is 1. The van der Waals surface area contributed by atoms with Crippen molar-refractivity contribution in [2.45, 2.75) is 57.5 Å². The summed E-state index contributed by atoms with van der Waals surface area (Å²) < 4.78 is 1.14. The summed E-state index contributed by atoms with van der Waals surface area (Å²) in [6.07, 6.45) is 7.67. The number of hydrogen-bond acceptors (Lipinski definition) is 4. The van der Waals surface area contributed by atoms with E-state index in [-0.39, 0.29) is 24.5 Å². The Balaban J connectivity index is 1.75. The Bertz CT molecular complexity index is 867. The Morgan fingerprint density at radius 1 is 1.29 bits per heavy atom. The van der Waals surface area contributed by atoms with Gasteiger partial charge in [-0.3, -0.25) is 4.79 Å². The van der Waals surface area contributed by atoms with Crippen molar-refractivity contribution in [2.75, 3.05) is 6.54 Å². The van der Waals surface area contributed by atoms with Crippen LogP contribution in [0.2, 0.25) is 0 Å². The Morgan fingerprint density at radius 3 is 2.75 bits per heavy atom. The molecule has 6 nitrogen and oxygen atoms in total. The summed E-state index contributed by atoms with van der Waals surface area (Å²) in [6, 6.07) is 7.05. The summed E-state index contributed by atoms with van der Waals surface area (Å²) in [5.74, 6) is -0.376. The highest BCUT2D eigenvalue weighted by Crippen LogP contribution is 2.27. The second-order valence-electron chi connectivity index (χ2n) is 7.15. The first-order valence-electron chi connectivity index (χ1n) is 9.85. The molecule has 2 N–H and O–H groups in total. The van der Waals surface area contributed by atoms with Crippen LogP contribution in [0, 0.1) is 11.5 Å². The van der Waals surface area contributed by atoms with E-state index < -0.39 is 6.04 Å². The maximum atomic E-state index is 12.9.